The average molecular weight is 453 g/mol. The van der Waals surface area contributed by atoms with Gasteiger partial charge in [0.2, 0.25) is 0 Å². The predicted molar refractivity (Wildman–Crippen MR) is 128 cm³/mol. The van der Waals surface area contributed by atoms with Crippen LogP contribution in [0.5, 0.6) is 11.5 Å². The van der Waals surface area contributed by atoms with Crippen molar-refractivity contribution in [3.8, 4) is 11.5 Å². The zero-order chi connectivity index (χ0) is 23.5. The second-order valence-electron chi connectivity index (χ2n) is 8.86. The van der Waals surface area contributed by atoms with E-state index in [9.17, 15) is 9.59 Å². The van der Waals surface area contributed by atoms with Gasteiger partial charge < -0.3 is 25.0 Å². The largest absolute Gasteiger partial charge is 0.493 e. The highest BCUT2D eigenvalue weighted by molar-refractivity contribution is 5.98. The molecule has 2 N–H and O–H groups in total. The molecule has 176 valence electrons. The van der Waals surface area contributed by atoms with E-state index < -0.39 is 6.10 Å². The number of carbonyl (C=O) groups excluding carboxylic acids is 2. The third-order valence-electron chi connectivity index (χ3n) is 5.95. The van der Waals surface area contributed by atoms with Crippen molar-refractivity contribution in [2.45, 2.75) is 39.5 Å². The first kappa shape index (κ1) is 22.9. The molecule has 1 unspecified atom stereocenters. The Balaban J connectivity index is 1.37. The summed E-state index contributed by atoms with van der Waals surface area (Å²) in [7, 11) is 1.61. The normalized spacial score (nSPS) is 18.4. The summed E-state index contributed by atoms with van der Waals surface area (Å²) in [5, 5.41) is 5.83. The van der Waals surface area contributed by atoms with E-state index in [1.807, 2.05) is 50.2 Å². The van der Waals surface area contributed by atoms with Crippen molar-refractivity contribution in [1.82, 2.24) is 10.2 Å². The lowest BCUT2D eigenvalue weighted by molar-refractivity contribution is -0.122. The number of amides is 2. The van der Waals surface area contributed by atoms with Crippen LogP contribution in [0.2, 0.25) is 0 Å². The lowest BCUT2D eigenvalue weighted by atomic mass is 10.1. The highest BCUT2D eigenvalue weighted by Gasteiger charge is 2.27. The minimum Gasteiger partial charge on any atom is -0.493 e. The Bertz CT molecular complexity index is 1010. The van der Waals surface area contributed by atoms with Gasteiger partial charge in [0.25, 0.3) is 11.8 Å². The van der Waals surface area contributed by atoms with E-state index in [2.05, 4.69) is 20.4 Å². The maximum atomic E-state index is 12.2. The molecule has 8 heteroatoms. The SMILES string of the molecule is COc1cc(CN2CCN(c3ccc(C(=O)NC(C)C)cc3)CC2)cc2c1OC(C)C(=O)N2. The van der Waals surface area contributed by atoms with Crippen LogP contribution in [0, 0.1) is 0 Å². The molecule has 2 aromatic carbocycles. The van der Waals surface area contributed by atoms with Gasteiger partial charge in [0, 0.05) is 50.0 Å². The topological polar surface area (TPSA) is 83.1 Å². The zero-order valence-corrected chi connectivity index (χ0v) is 19.7. The van der Waals surface area contributed by atoms with Crippen molar-refractivity contribution in [3.05, 3.63) is 47.5 Å². The van der Waals surface area contributed by atoms with E-state index in [4.69, 9.17) is 9.47 Å². The molecule has 33 heavy (non-hydrogen) atoms. The molecule has 0 spiro atoms. The fourth-order valence-corrected chi connectivity index (χ4v) is 4.17. The van der Waals surface area contributed by atoms with Crippen LogP contribution < -0.4 is 25.0 Å². The van der Waals surface area contributed by atoms with Gasteiger partial charge >= 0.3 is 0 Å². The number of hydrogen-bond donors (Lipinski definition) is 2. The Morgan fingerprint density at radius 1 is 1.18 bits per heavy atom. The summed E-state index contributed by atoms with van der Waals surface area (Å²) in [4.78, 5) is 28.9. The van der Waals surface area contributed by atoms with Crippen molar-refractivity contribution >= 4 is 23.2 Å². The third-order valence-corrected chi connectivity index (χ3v) is 5.95. The minimum atomic E-state index is -0.538. The number of fused-ring (bicyclic) bond motifs is 1. The zero-order valence-electron chi connectivity index (χ0n) is 19.7. The van der Waals surface area contributed by atoms with Gasteiger partial charge in [-0.2, -0.15) is 0 Å². The number of piperazine rings is 1. The minimum absolute atomic E-state index is 0.0436. The number of carbonyl (C=O) groups is 2. The number of benzene rings is 2. The monoisotopic (exact) mass is 452 g/mol. The maximum Gasteiger partial charge on any atom is 0.265 e. The first-order valence-corrected chi connectivity index (χ1v) is 11.4. The summed E-state index contributed by atoms with van der Waals surface area (Å²) in [6.45, 7) is 10.0. The Morgan fingerprint density at radius 3 is 2.52 bits per heavy atom. The van der Waals surface area contributed by atoms with Crippen LogP contribution in [0.15, 0.2) is 36.4 Å². The number of hydrogen-bond acceptors (Lipinski definition) is 6. The van der Waals surface area contributed by atoms with Crippen LogP contribution in [0.4, 0.5) is 11.4 Å². The van der Waals surface area contributed by atoms with Gasteiger partial charge in [0.1, 0.15) is 0 Å². The summed E-state index contributed by atoms with van der Waals surface area (Å²) < 4.78 is 11.3. The van der Waals surface area contributed by atoms with Gasteiger partial charge in [-0.3, -0.25) is 14.5 Å². The van der Waals surface area contributed by atoms with Crippen LogP contribution in [0.3, 0.4) is 0 Å². The van der Waals surface area contributed by atoms with Crippen molar-refractivity contribution < 1.29 is 19.1 Å². The number of nitrogens with one attached hydrogen (secondary N) is 2. The first-order chi connectivity index (χ1) is 15.8. The molecule has 2 aliphatic rings. The number of rotatable bonds is 6. The van der Waals surface area contributed by atoms with E-state index in [1.165, 1.54) is 0 Å². The Hall–Kier alpha value is -3.26. The first-order valence-electron chi connectivity index (χ1n) is 11.4. The van der Waals surface area contributed by atoms with Crippen molar-refractivity contribution in [2.24, 2.45) is 0 Å². The molecule has 2 heterocycles. The van der Waals surface area contributed by atoms with Crippen molar-refractivity contribution in [1.29, 1.82) is 0 Å². The standard InChI is InChI=1S/C25H32N4O4/c1-16(2)26-25(31)19-5-7-20(8-6-19)29-11-9-28(10-12-29)15-18-13-21-23(22(14-18)32-4)33-17(3)24(30)27-21/h5-8,13-14,16-17H,9-12,15H2,1-4H3,(H,26,31)(H,27,30). The second kappa shape index (κ2) is 9.70. The predicted octanol–water partition coefficient (Wildman–Crippen LogP) is 2.88. The Morgan fingerprint density at radius 2 is 1.88 bits per heavy atom. The molecule has 0 aromatic heterocycles. The molecule has 2 aromatic rings. The van der Waals surface area contributed by atoms with Crippen LogP contribution >= 0.6 is 0 Å². The Kier molecular flexibility index (Phi) is 6.74. The van der Waals surface area contributed by atoms with Crippen LogP contribution in [0.25, 0.3) is 0 Å². The summed E-state index contributed by atoms with van der Waals surface area (Å²) in [5.74, 6) is 1.03. The fourth-order valence-electron chi connectivity index (χ4n) is 4.17. The van der Waals surface area contributed by atoms with Gasteiger partial charge in [-0.15, -0.1) is 0 Å². The van der Waals surface area contributed by atoms with Gasteiger partial charge in [-0.1, -0.05) is 0 Å². The molecule has 0 saturated carbocycles. The van der Waals surface area contributed by atoms with Crippen LogP contribution in [-0.4, -0.2) is 62.1 Å². The molecule has 1 atom stereocenters. The molecular formula is C25H32N4O4. The molecule has 0 radical (unpaired) electrons. The molecule has 4 rings (SSSR count). The molecule has 2 aliphatic heterocycles. The van der Waals surface area contributed by atoms with Gasteiger partial charge in [-0.05, 0) is 62.7 Å². The molecule has 8 nitrogen and oxygen atoms in total. The van der Waals surface area contributed by atoms with Crippen molar-refractivity contribution in [2.75, 3.05) is 43.5 Å². The van der Waals surface area contributed by atoms with Gasteiger partial charge in [-0.25, -0.2) is 0 Å². The number of nitrogens with zero attached hydrogens (tertiary/aromatic N) is 2. The molecule has 2 amide bonds. The van der Waals surface area contributed by atoms with E-state index in [0.29, 0.717) is 22.7 Å². The lowest BCUT2D eigenvalue weighted by Crippen LogP contribution is -2.46. The summed E-state index contributed by atoms with van der Waals surface area (Å²) in [6.07, 6.45) is -0.538. The van der Waals surface area contributed by atoms with Gasteiger partial charge in [0.15, 0.2) is 17.6 Å². The lowest BCUT2D eigenvalue weighted by Gasteiger charge is -2.36. The summed E-state index contributed by atoms with van der Waals surface area (Å²) in [5.41, 5.74) is 3.53. The van der Waals surface area contributed by atoms with Crippen LogP contribution in [-0.2, 0) is 11.3 Å². The molecule has 1 fully saturated rings. The molecule has 0 bridgehead atoms. The second-order valence-corrected chi connectivity index (χ2v) is 8.86. The number of methoxy groups -OCH3 is 1. The van der Waals surface area contributed by atoms with E-state index in [0.717, 1.165) is 44.0 Å². The third kappa shape index (κ3) is 5.22. The van der Waals surface area contributed by atoms with Crippen LogP contribution in [0.1, 0.15) is 36.7 Å². The van der Waals surface area contributed by atoms with E-state index >= 15 is 0 Å². The van der Waals surface area contributed by atoms with E-state index in [-0.39, 0.29) is 17.9 Å². The number of ether oxygens (including phenoxy) is 2. The Labute approximate surface area is 194 Å². The fraction of sp³-hybridized carbons (Fsp3) is 0.440. The quantitative estimate of drug-likeness (QED) is 0.701. The van der Waals surface area contributed by atoms with E-state index in [1.54, 1.807) is 14.0 Å². The average Bonchev–Trinajstić information content (AvgIpc) is 2.80. The molecular weight excluding hydrogens is 420 g/mol. The summed E-state index contributed by atoms with van der Waals surface area (Å²) >= 11 is 0. The highest BCUT2D eigenvalue weighted by atomic mass is 16.5. The molecule has 0 aliphatic carbocycles. The number of anilines is 2. The van der Waals surface area contributed by atoms with Crippen molar-refractivity contribution in [3.63, 3.8) is 0 Å². The summed E-state index contributed by atoms with van der Waals surface area (Å²) in [6, 6.07) is 11.9. The smallest absolute Gasteiger partial charge is 0.265 e. The van der Waals surface area contributed by atoms with Gasteiger partial charge in [0.05, 0.1) is 12.8 Å². The highest BCUT2D eigenvalue weighted by Crippen LogP contribution is 2.40. The molecule has 1 saturated heterocycles. The maximum absolute atomic E-state index is 12.2.